The first-order chi connectivity index (χ1) is 4.83. The zero-order valence-corrected chi connectivity index (χ0v) is 5.62. The van der Waals surface area contributed by atoms with Crippen molar-refractivity contribution in [1.29, 1.82) is 0 Å². The lowest BCUT2D eigenvalue weighted by molar-refractivity contribution is 0.133. The average Bonchev–Trinajstić information content (AvgIpc) is 2.06. The number of rotatable bonds is 2. The lowest BCUT2D eigenvalue weighted by atomic mass is 10.00. The Morgan fingerprint density at radius 1 is 1.20 bits per heavy atom. The van der Waals surface area contributed by atoms with Crippen LogP contribution in [0.25, 0.3) is 0 Å². The third-order valence-corrected chi connectivity index (χ3v) is 1.56. The van der Waals surface area contributed by atoms with Crippen LogP contribution in [0.5, 0.6) is 0 Å². The van der Waals surface area contributed by atoms with E-state index in [1.54, 1.807) is 18.4 Å². The third-order valence-electron chi connectivity index (χ3n) is 1.56. The maximum absolute atomic E-state index is 8.83. The molecular weight excluding hydrogens is 130 g/mol. The van der Waals surface area contributed by atoms with E-state index in [-0.39, 0.29) is 13.2 Å². The van der Waals surface area contributed by atoms with E-state index in [0.717, 1.165) is 0 Å². The number of hydrogen-bond acceptors (Lipinski definition) is 3. The molecule has 1 aliphatic rings. The molecule has 3 nitrogen and oxygen atoms in total. The van der Waals surface area contributed by atoms with Crippen LogP contribution in [0.15, 0.2) is 24.4 Å². The van der Waals surface area contributed by atoms with Crippen molar-refractivity contribution >= 4 is 0 Å². The molecule has 0 spiro atoms. The van der Waals surface area contributed by atoms with Crippen molar-refractivity contribution in [3.05, 3.63) is 24.4 Å². The normalized spacial score (nSPS) is 20.6. The van der Waals surface area contributed by atoms with Crippen LogP contribution in [0.4, 0.5) is 0 Å². The van der Waals surface area contributed by atoms with E-state index < -0.39 is 5.54 Å². The molecule has 0 radical (unpaired) electrons. The zero-order chi connectivity index (χ0) is 7.45. The minimum atomic E-state index is -0.644. The highest BCUT2D eigenvalue weighted by Crippen LogP contribution is 2.08. The Balaban J connectivity index is 2.66. The summed E-state index contributed by atoms with van der Waals surface area (Å²) < 4.78 is 0. The van der Waals surface area contributed by atoms with Gasteiger partial charge in [-0.3, -0.25) is 0 Å². The molecule has 0 saturated heterocycles. The van der Waals surface area contributed by atoms with Crippen molar-refractivity contribution in [3.63, 3.8) is 0 Å². The van der Waals surface area contributed by atoms with E-state index in [9.17, 15) is 0 Å². The summed E-state index contributed by atoms with van der Waals surface area (Å²) in [7, 11) is 0. The van der Waals surface area contributed by atoms with Gasteiger partial charge in [-0.15, -0.1) is 0 Å². The number of nitrogens with one attached hydrogen (secondary N) is 1. The van der Waals surface area contributed by atoms with Crippen LogP contribution in [0, 0.1) is 0 Å². The molecule has 0 aromatic carbocycles. The van der Waals surface area contributed by atoms with E-state index in [0.29, 0.717) is 0 Å². The number of aliphatic hydroxyl groups is 2. The van der Waals surface area contributed by atoms with E-state index >= 15 is 0 Å². The van der Waals surface area contributed by atoms with Crippen LogP contribution in [0.2, 0.25) is 0 Å². The summed E-state index contributed by atoms with van der Waals surface area (Å²) in [4.78, 5) is 0. The molecule has 56 valence electrons. The third kappa shape index (κ3) is 1.20. The first kappa shape index (κ1) is 7.31. The highest BCUT2D eigenvalue weighted by molar-refractivity contribution is 5.19. The van der Waals surface area contributed by atoms with Gasteiger partial charge in [0.2, 0.25) is 0 Å². The molecule has 0 bridgehead atoms. The summed E-state index contributed by atoms with van der Waals surface area (Å²) in [6, 6.07) is 0. The maximum Gasteiger partial charge on any atom is 0.102 e. The van der Waals surface area contributed by atoms with Gasteiger partial charge < -0.3 is 15.5 Å². The van der Waals surface area contributed by atoms with Gasteiger partial charge in [-0.05, 0) is 12.3 Å². The van der Waals surface area contributed by atoms with Crippen molar-refractivity contribution < 1.29 is 10.2 Å². The van der Waals surface area contributed by atoms with Crippen LogP contribution in [-0.2, 0) is 0 Å². The van der Waals surface area contributed by atoms with Gasteiger partial charge in [0, 0.05) is 0 Å². The highest BCUT2D eigenvalue weighted by Gasteiger charge is 2.24. The summed E-state index contributed by atoms with van der Waals surface area (Å²) in [5.74, 6) is 0. The highest BCUT2D eigenvalue weighted by atomic mass is 16.3. The van der Waals surface area contributed by atoms with Crippen molar-refractivity contribution in [1.82, 2.24) is 5.32 Å². The quantitative estimate of drug-likeness (QED) is 0.480. The predicted octanol–water partition coefficient (Wildman–Crippen LogP) is -0.617. The van der Waals surface area contributed by atoms with Crippen LogP contribution < -0.4 is 5.32 Å². The molecule has 1 aliphatic heterocycles. The topological polar surface area (TPSA) is 52.5 Å². The van der Waals surface area contributed by atoms with Gasteiger partial charge in [0.15, 0.2) is 0 Å². The number of allylic oxidation sites excluding steroid dienone is 2. The first-order valence-electron chi connectivity index (χ1n) is 3.17. The van der Waals surface area contributed by atoms with Crippen molar-refractivity contribution in [2.75, 3.05) is 13.2 Å². The second kappa shape index (κ2) is 2.86. The standard InChI is InChI=1S/C7H11NO2/c9-5-7(6-10)3-1-2-4-8-7/h1-4,8-10H,5-6H2. The Morgan fingerprint density at radius 3 is 2.20 bits per heavy atom. The fraction of sp³-hybridized carbons (Fsp3) is 0.429. The molecule has 0 aromatic heterocycles. The van der Waals surface area contributed by atoms with Crippen molar-refractivity contribution in [3.8, 4) is 0 Å². The molecule has 0 aromatic rings. The largest absolute Gasteiger partial charge is 0.394 e. The summed E-state index contributed by atoms with van der Waals surface area (Å²) >= 11 is 0. The van der Waals surface area contributed by atoms with E-state index in [1.165, 1.54) is 0 Å². The number of aliphatic hydroxyl groups excluding tert-OH is 2. The van der Waals surface area contributed by atoms with Gasteiger partial charge in [-0.2, -0.15) is 0 Å². The lowest BCUT2D eigenvalue weighted by Crippen LogP contribution is -2.48. The van der Waals surface area contributed by atoms with Gasteiger partial charge in [0.25, 0.3) is 0 Å². The molecule has 10 heavy (non-hydrogen) atoms. The van der Waals surface area contributed by atoms with E-state index in [2.05, 4.69) is 5.32 Å². The second-order valence-electron chi connectivity index (χ2n) is 2.33. The van der Waals surface area contributed by atoms with Gasteiger partial charge in [0.1, 0.15) is 5.54 Å². The Bertz CT molecular complexity index is 159. The molecule has 0 amide bonds. The van der Waals surface area contributed by atoms with Gasteiger partial charge in [-0.25, -0.2) is 0 Å². The Kier molecular flexibility index (Phi) is 2.09. The van der Waals surface area contributed by atoms with E-state index in [1.807, 2.05) is 6.08 Å². The van der Waals surface area contributed by atoms with E-state index in [4.69, 9.17) is 10.2 Å². The number of dihydropyridines is 1. The number of hydrogen-bond donors (Lipinski definition) is 3. The van der Waals surface area contributed by atoms with Crippen LogP contribution in [-0.4, -0.2) is 29.0 Å². The second-order valence-corrected chi connectivity index (χ2v) is 2.33. The molecule has 0 atom stereocenters. The minimum Gasteiger partial charge on any atom is -0.394 e. The van der Waals surface area contributed by atoms with Gasteiger partial charge in [0.05, 0.1) is 13.2 Å². The fourth-order valence-corrected chi connectivity index (χ4v) is 0.804. The molecule has 0 fully saturated rings. The Morgan fingerprint density at radius 2 is 1.90 bits per heavy atom. The summed E-state index contributed by atoms with van der Waals surface area (Å²) in [5.41, 5.74) is -0.644. The summed E-state index contributed by atoms with van der Waals surface area (Å²) in [5, 5.41) is 20.5. The molecular formula is C7H11NO2. The fourth-order valence-electron chi connectivity index (χ4n) is 0.804. The molecule has 3 heteroatoms. The van der Waals surface area contributed by atoms with Crippen LogP contribution >= 0.6 is 0 Å². The zero-order valence-electron chi connectivity index (χ0n) is 5.62. The monoisotopic (exact) mass is 141 g/mol. The molecule has 1 heterocycles. The smallest absolute Gasteiger partial charge is 0.102 e. The summed E-state index contributed by atoms with van der Waals surface area (Å²) in [6.07, 6.45) is 7.05. The Hall–Kier alpha value is -0.800. The van der Waals surface area contributed by atoms with Crippen LogP contribution in [0.1, 0.15) is 0 Å². The summed E-state index contributed by atoms with van der Waals surface area (Å²) in [6.45, 7) is -0.186. The molecule has 0 aliphatic carbocycles. The first-order valence-corrected chi connectivity index (χ1v) is 3.17. The molecule has 1 rings (SSSR count). The molecule has 3 N–H and O–H groups in total. The lowest BCUT2D eigenvalue weighted by Gasteiger charge is -2.28. The average molecular weight is 141 g/mol. The predicted molar refractivity (Wildman–Crippen MR) is 38.3 cm³/mol. The van der Waals surface area contributed by atoms with Gasteiger partial charge in [-0.1, -0.05) is 12.2 Å². The van der Waals surface area contributed by atoms with Gasteiger partial charge >= 0.3 is 0 Å². The minimum absolute atomic E-state index is 0.0929. The Labute approximate surface area is 59.7 Å². The SMILES string of the molecule is OCC1(CO)C=CC=CN1. The maximum atomic E-state index is 8.83. The van der Waals surface area contributed by atoms with Crippen LogP contribution in [0.3, 0.4) is 0 Å². The molecule has 0 unspecified atom stereocenters. The van der Waals surface area contributed by atoms with Crippen molar-refractivity contribution in [2.24, 2.45) is 0 Å². The van der Waals surface area contributed by atoms with Crippen molar-refractivity contribution in [2.45, 2.75) is 5.54 Å². The molecule has 0 saturated carbocycles.